The van der Waals surface area contributed by atoms with Crippen molar-refractivity contribution in [3.8, 4) is 11.5 Å². The first-order valence-corrected chi connectivity index (χ1v) is 18.9. The van der Waals surface area contributed by atoms with E-state index in [1.54, 1.807) is 45.8 Å². The molecule has 0 aliphatic rings. The van der Waals surface area contributed by atoms with E-state index in [9.17, 15) is 19.2 Å². The summed E-state index contributed by atoms with van der Waals surface area (Å²) in [5.74, 6) is 0.401. The van der Waals surface area contributed by atoms with E-state index in [-0.39, 0.29) is 12.0 Å². The van der Waals surface area contributed by atoms with Gasteiger partial charge < -0.3 is 38.8 Å². The molecule has 0 fully saturated rings. The molecule has 0 atom stereocenters. The number of carbonyl (C=O) groups excluding carboxylic acids is 3. The molecule has 2 aromatic rings. The number of benzene rings is 2. The zero-order valence-electron chi connectivity index (χ0n) is 31.4. The van der Waals surface area contributed by atoms with Crippen LogP contribution in [-0.4, -0.2) is 109 Å². The number of hydrogen-bond acceptors (Lipinski definition) is 8. The van der Waals surface area contributed by atoms with Gasteiger partial charge in [-0.2, -0.15) is 0 Å². The highest BCUT2D eigenvalue weighted by Crippen LogP contribution is 2.16. The highest BCUT2D eigenvalue weighted by molar-refractivity contribution is 14.1. The van der Waals surface area contributed by atoms with Crippen LogP contribution in [0, 0.1) is 7.14 Å². The van der Waals surface area contributed by atoms with Crippen molar-refractivity contribution in [2.24, 2.45) is 0 Å². The topological polar surface area (TPSA) is 135 Å². The smallest absolute Gasteiger partial charge is 0.410 e. The summed E-state index contributed by atoms with van der Waals surface area (Å²) in [6.07, 6.45) is 6.00. The van der Waals surface area contributed by atoms with E-state index in [0.29, 0.717) is 52.2 Å². The molecule has 288 valence electrons. The van der Waals surface area contributed by atoms with Crippen molar-refractivity contribution in [3.05, 3.63) is 80.0 Å². The summed E-state index contributed by atoms with van der Waals surface area (Å²) in [7, 11) is 3.39. The maximum Gasteiger partial charge on any atom is 0.410 e. The van der Waals surface area contributed by atoms with Crippen LogP contribution in [0.3, 0.4) is 0 Å². The van der Waals surface area contributed by atoms with Gasteiger partial charge in [0.1, 0.15) is 35.9 Å². The molecule has 0 aliphatic carbocycles. The summed E-state index contributed by atoms with van der Waals surface area (Å²) < 4.78 is 24.5. The van der Waals surface area contributed by atoms with Crippen molar-refractivity contribution < 1.29 is 43.2 Å². The molecule has 0 saturated carbocycles. The molecule has 14 heteroatoms. The van der Waals surface area contributed by atoms with E-state index < -0.39 is 23.3 Å². The van der Waals surface area contributed by atoms with Gasteiger partial charge >= 0.3 is 18.2 Å². The number of hydrogen-bond donors (Lipinski definition) is 1. The number of rotatable bonds is 16. The third-order valence-electron chi connectivity index (χ3n) is 6.28. The zero-order chi connectivity index (χ0) is 39.3. The zero-order valence-corrected chi connectivity index (χ0v) is 35.7. The molecule has 1 N–H and O–H groups in total. The minimum absolute atomic E-state index is 0.0825. The molecule has 2 aromatic carbocycles. The van der Waals surface area contributed by atoms with Crippen LogP contribution in [0.15, 0.2) is 72.8 Å². The van der Waals surface area contributed by atoms with Crippen molar-refractivity contribution in [1.82, 2.24) is 14.7 Å². The summed E-state index contributed by atoms with van der Waals surface area (Å²) in [5, 5.41) is 8.62. The maximum atomic E-state index is 12.4. The minimum Gasteiger partial charge on any atom is -0.492 e. The Morgan fingerprint density at radius 1 is 0.635 bits per heavy atom. The van der Waals surface area contributed by atoms with Gasteiger partial charge in [-0.3, -0.25) is 4.79 Å². The fourth-order valence-electron chi connectivity index (χ4n) is 3.83. The standard InChI is InChI=1S/C20H29IN2O4.C18H24INO5/c1-20(2,3)27-19(25)23(13-7-6-8-18(24)22(4)5)14-15-26-17-11-9-16(21)10-12-17;1-18(2,3)25-17(23)20(11-5-4-6-16(21)22)12-13-24-15-9-7-14(19)8-10-15/h6,8-12H,7,13-15H2,1-5H3;4,6-10H,5,11-13H2,1-3H3,(H,21,22)/b8-6+;6-4+. The van der Waals surface area contributed by atoms with Gasteiger partial charge in [0, 0.05) is 40.4 Å². The van der Waals surface area contributed by atoms with Crippen LogP contribution in [0.2, 0.25) is 0 Å². The number of carboxylic acid groups (broad SMARTS) is 1. The molecule has 0 unspecified atom stereocenters. The molecular formula is C38H53I2N3O9. The lowest BCUT2D eigenvalue weighted by Crippen LogP contribution is -2.39. The summed E-state index contributed by atoms with van der Waals surface area (Å²) in [6, 6.07) is 15.4. The van der Waals surface area contributed by atoms with Crippen LogP contribution >= 0.6 is 45.2 Å². The normalized spacial score (nSPS) is 11.3. The van der Waals surface area contributed by atoms with E-state index in [2.05, 4.69) is 45.2 Å². The van der Waals surface area contributed by atoms with Crippen LogP contribution in [-0.2, 0) is 19.1 Å². The monoisotopic (exact) mass is 949 g/mol. The molecule has 0 saturated heterocycles. The van der Waals surface area contributed by atoms with Crippen molar-refractivity contribution in [2.75, 3.05) is 53.5 Å². The number of likely N-dealkylation sites (N-methyl/N-ethyl adjacent to an activating group) is 1. The Labute approximate surface area is 335 Å². The fraction of sp³-hybridized carbons (Fsp3) is 0.474. The second-order valence-corrected chi connectivity index (χ2v) is 16.0. The van der Waals surface area contributed by atoms with Gasteiger partial charge in [0.25, 0.3) is 0 Å². The number of nitrogens with zero attached hydrogens (tertiary/aromatic N) is 3. The van der Waals surface area contributed by atoms with Crippen LogP contribution in [0.25, 0.3) is 0 Å². The quantitative estimate of drug-likeness (QED) is 0.132. The molecule has 0 bridgehead atoms. The van der Waals surface area contributed by atoms with Gasteiger partial charge in [-0.1, -0.05) is 12.2 Å². The van der Waals surface area contributed by atoms with Gasteiger partial charge in [0.15, 0.2) is 0 Å². The predicted octanol–water partition coefficient (Wildman–Crippen LogP) is 7.88. The molecule has 3 amide bonds. The minimum atomic E-state index is -1.01. The van der Waals surface area contributed by atoms with Crippen molar-refractivity contribution in [3.63, 3.8) is 0 Å². The lowest BCUT2D eigenvalue weighted by molar-refractivity contribution is -0.131. The summed E-state index contributed by atoms with van der Waals surface area (Å²) in [6.45, 7) is 13.1. The van der Waals surface area contributed by atoms with E-state index in [4.69, 9.17) is 24.1 Å². The van der Waals surface area contributed by atoms with E-state index in [1.807, 2.05) is 69.3 Å². The van der Waals surface area contributed by atoms with Crippen molar-refractivity contribution in [2.45, 2.75) is 65.6 Å². The number of ether oxygens (including phenoxy) is 4. The van der Waals surface area contributed by atoms with Crippen molar-refractivity contribution >= 4 is 69.2 Å². The highest BCUT2D eigenvalue weighted by atomic mass is 127. The number of carbonyl (C=O) groups is 4. The SMILES string of the molecule is CC(C)(C)OC(=O)N(CC/C=C/C(=O)O)CCOc1ccc(I)cc1.CN(C)C(=O)/C=C/CCN(CCOc1ccc(I)cc1)C(=O)OC(C)(C)C. The van der Waals surface area contributed by atoms with Gasteiger partial charge in [0.05, 0.1) is 13.1 Å². The second kappa shape index (κ2) is 23.9. The highest BCUT2D eigenvalue weighted by Gasteiger charge is 2.23. The maximum absolute atomic E-state index is 12.4. The molecule has 52 heavy (non-hydrogen) atoms. The Kier molecular flexibility index (Phi) is 21.4. The molecule has 0 spiro atoms. The Bertz CT molecular complexity index is 1450. The number of aliphatic carboxylic acids is 1. The van der Waals surface area contributed by atoms with Crippen LogP contribution in [0.5, 0.6) is 11.5 Å². The number of carboxylic acids is 1. The number of halogens is 2. The molecule has 0 radical (unpaired) electrons. The molecule has 0 aromatic heterocycles. The molecular weight excluding hydrogens is 896 g/mol. The molecule has 2 rings (SSSR count). The summed E-state index contributed by atoms with van der Waals surface area (Å²) >= 11 is 4.45. The first-order valence-electron chi connectivity index (χ1n) is 16.8. The third kappa shape index (κ3) is 23.1. The second-order valence-electron chi connectivity index (χ2n) is 13.5. The Balaban J connectivity index is 0.000000522. The van der Waals surface area contributed by atoms with Gasteiger partial charge in [-0.15, -0.1) is 0 Å². The van der Waals surface area contributed by atoms with Crippen LogP contribution in [0.4, 0.5) is 9.59 Å². The Hall–Kier alpha value is -3.54. The van der Waals surface area contributed by atoms with E-state index >= 15 is 0 Å². The number of amides is 3. The lowest BCUT2D eigenvalue weighted by Gasteiger charge is -2.27. The summed E-state index contributed by atoms with van der Waals surface area (Å²) in [5.41, 5.74) is -1.16. The van der Waals surface area contributed by atoms with Crippen LogP contribution in [0.1, 0.15) is 54.4 Å². The average Bonchev–Trinajstić information content (AvgIpc) is 3.03. The third-order valence-corrected chi connectivity index (χ3v) is 7.72. The van der Waals surface area contributed by atoms with E-state index in [1.165, 1.54) is 22.0 Å². The Morgan fingerprint density at radius 2 is 1.00 bits per heavy atom. The summed E-state index contributed by atoms with van der Waals surface area (Å²) in [4.78, 5) is 51.4. The molecule has 0 heterocycles. The molecule has 0 aliphatic heterocycles. The van der Waals surface area contributed by atoms with Gasteiger partial charge in [0.2, 0.25) is 5.91 Å². The predicted molar refractivity (Wildman–Crippen MR) is 219 cm³/mol. The molecule has 12 nitrogen and oxygen atoms in total. The lowest BCUT2D eigenvalue weighted by atomic mass is 10.2. The van der Waals surface area contributed by atoms with Crippen LogP contribution < -0.4 is 9.47 Å². The first-order chi connectivity index (χ1) is 24.3. The largest absolute Gasteiger partial charge is 0.492 e. The van der Waals surface area contributed by atoms with E-state index in [0.717, 1.165) is 24.7 Å². The average molecular weight is 950 g/mol. The van der Waals surface area contributed by atoms with Crippen molar-refractivity contribution in [1.29, 1.82) is 0 Å². The first kappa shape index (κ1) is 46.5. The fourth-order valence-corrected chi connectivity index (χ4v) is 4.55. The Morgan fingerprint density at radius 3 is 1.33 bits per heavy atom. The van der Waals surface area contributed by atoms with Gasteiger partial charge in [-0.25, -0.2) is 14.4 Å². The van der Waals surface area contributed by atoms with Gasteiger partial charge in [-0.05, 0) is 154 Å².